The van der Waals surface area contributed by atoms with Crippen molar-refractivity contribution in [3.63, 3.8) is 0 Å². The van der Waals surface area contributed by atoms with Crippen LogP contribution in [0.5, 0.6) is 11.5 Å². The third-order valence-corrected chi connectivity index (χ3v) is 4.66. The summed E-state index contributed by atoms with van der Waals surface area (Å²) in [4.78, 5) is 0. The second kappa shape index (κ2) is 9.09. The minimum Gasteiger partial charge on any atom is -0.493 e. The quantitative estimate of drug-likeness (QED) is 0.765. The van der Waals surface area contributed by atoms with E-state index in [2.05, 4.69) is 5.32 Å². The lowest BCUT2D eigenvalue weighted by atomic mass is 10.2. The van der Waals surface area contributed by atoms with E-state index >= 15 is 0 Å². The summed E-state index contributed by atoms with van der Waals surface area (Å²) >= 11 is 6.17. The summed E-state index contributed by atoms with van der Waals surface area (Å²) in [5.74, 6) is 1.44. The maximum Gasteiger partial charge on any atom is 0.161 e. The van der Waals surface area contributed by atoms with E-state index in [0.717, 1.165) is 49.4 Å². The Morgan fingerprint density at radius 3 is 2.84 bits per heavy atom. The van der Waals surface area contributed by atoms with Crippen LogP contribution >= 0.6 is 11.6 Å². The molecule has 1 saturated heterocycles. The first-order chi connectivity index (χ1) is 12.3. The number of methoxy groups -OCH3 is 1. The number of rotatable bonds is 8. The first kappa shape index (κ1) is 18.1. The zero-order valence-corrected chi connectivity index (χ0v) is 15.2. The molecule has 134 valence electrons. The predicted molar refractivity (Wildman–Crippen MR) is 99.5 cm³/mol. The van der Waals surface area contributed by atoms with E-state index in [0.29, 0.717) is 23.5 Å². The molecule has 0 radical (unpaired) electrons. The van der Waals surface area contributed by atoms with Gasteiger partial charge in [0.1, 0.15) is 6.61 Å². The lowest BCUT2D eigenvalue weighted by Gasteiger charge is -2.14. The molecule has 0 unspecified atom stereocenters. The molecular formula is C20H24ClNO3. The molecule has 1 N–H and O–H groups in total. The normalized spacial score (nSPS) is 16.8. The maximum atomic E-state index is 6.17. The predicted octanol–water partition coefficient (Wildman–Crippen LogP) is 4.20. The van der Waals surface area contributed by atoms with Gasteiger partial charge in [-0.2, -0.15) is 0 Å². The molecule has 1 aliphatic rings. The van der Waals surface area contributed by atoms with Crippen LogP contribution in [-0.4, -0.2) is 26.4 Å². The average molecular weight is 362 g/mol. The second-order valence-corrected chi connectivity index (χ2v) is 6.54. The van der Waals surface area contributed by atoms with Gasteiger partial charge in [-0.05, 0) is 36.6 Å². The molecule has 2 aromatic carbocycles. The molecule has 4 nitrogen and oxygen atoms in total. The lowest BCUT2D eigenvalue weighted by Crippen LogP contribution is -2.25. The zero-order chi connectivity index (χ0) is 17.5. The van der Waals surface area contributed by atoms with Gasteiger partial charge in [-0.15, -0.1) is 0 Å². The van der Waals surface area contributed by atoms with Crippen molar-refractivity contribution in [2.24, 2.45) is 0 Å². The van der Waals surface area contributed by atoms with Crippen LogP contribution in [0.4, 0.5) is 0 Å². The van der Waals surface area contributed by atoms with Gasteiger partial charge in [-0.3, -0.25) is 0 Å². The van der Waals surface area contributed by atoms with Crippen LogP contribution < -0.4 is 14.8 Å². The van der Waals surface area contributed by atoms with Crippen molar-refractivity contribution in [2.45, 2.75) is 32.1 Å². The molecule has 0 spiro atoms. The lowest BCUT2D eigenvalue weighted by molar-refractivity contribution is 0.110. The van der Waals surface area contributed by atoms with E-state index in [-0.39, 0.29) is 0 Å². The van der Waals surface area contributed by atoms with Crippen LogP contribution in [0.2, 0.25) is 5.02 Å². The Bertz CT molecular complexity index is 686. The first-order valence-corrected chi connectivity index (χ1v) is 8.99. The van der Waals surface area contributed by atoms with Gasteiger partial charge in [0.25, 0.3) is 0 Å². The van der Waals surface area contributed by atoms with E-state index in [1.165, 1.54) is 0 Å². The molecular weight excluding hydrogens is 338 g/mol. The van der Waals surface area contributed by atoms with Crippen molar-refractivity contribution in [3.8, 4) is 11.5 Å². The minimum absolute atomic E-state index is 0.347. The molecule has 2 aromatic rings. The van der Waals surface area contributed by atoms with E-state index < -0.39 is 0 Å². The molecule has 1 heterocycles. The van der Waals surface area contributed by atoms with E-state index in [1.807, 2.05) is 42.5 Å². The number of hydrogen-bond acceptors (Lipinski definition) is 4. The Hall–Kier alpha value is -1.75. The van der Waals surface area contributed by atoms with Gasteiger partial charge in [-0.25, -0.2) is 0 Å². The molecule has 0 aromatic heterocycles. The largest absolute Gasteiger partial charge is 0.493 e. The molecule has 25 heavy (non-hydrogen) atoms. The van der Waals surface area contributed by atoms with Crippen LogP contribution in [0.15, 0.2) is 42.5 Å². The highest BCUT2D eigenvalue weighted by Gasteiger charge is 2.14. The van der Waals surface area contributed by atoms with Crippen LogP contribution in [0.1, 0.15) is 24.0 Å². The minimum atomic E-state index is 0.347. The van der Waals surface area contributed by atoms with Gasteiger partial charge in [-0.1, -0.05) is 35.9 Å². The molecule has 0 aliphatic carbocycles. The molecule has 1 aliphatic heterocycles. The Kier molecular flexibility index (Phi) is 6.56. The van der Waals surface area contributed by atoms with Crippen molar-refractivity contribution < 1.29 is 14.2 Å². The van der Waals surface area contributed by atoms with E-state index in [9.17, 15) is 0 Å². The number of ether oxygens (including phenoxy) is 3. The third-order valence-electron chi connectivity index (χ3n) is 4.29. The van der Waals surface area contributed by atoms with Crippen LogP contribution in [-0.2, 0) is 17.9 Å². The van der Waals surface area contributed by atoms with Gasteiger partial charge >= 0.3 is 0 Å². The third kappa shape index (κ3) is 5.11. The van der Waals surface area contributed by atoms with Crippen LogP contribution in [0.25, 0.3) is 0 Å². The number of nitrogens with one attached hydrogen (secondary N) is 1. The summed E-state index contributed by atoms with van der Waals surface area (Å²) in [6.07, 6.45) is 2.66. The number of benzene rings is 2. The molecule has 3 rings (SSSR count). The number of halogens is 1. The van der Waals surface area contributed by atoms with Gasteiger partial charge in [0.2, 0.25) is 0 Å². The highest BCUT2D eigenvalue weighted by Crippen LogP contribution is 2.29. The summed E-state index contributed by atoms with van der Waals surface area (Å²) in [6.45, 7) is 2.96. The molecule has 1 atom stereocenters. The molecule has 0 bridgehead atoms. The Labute approximate surface area is 154 Å². The Morgan fingerprint density at radius 1 is 1.20 bits per heavy atom. The highest BCUT2D eigenvalue weighted by atomic mass is 35.5. The summed E-state index contributed by atoms with van der Waals surface area (Å²) in [7, 11) is 1.65. The zero-order valence-electron chi connectivity index (χ0n) is 14.5. The van der Waals surface area contributed by atoms with Crippen molar-refractivity contribution in [2.75, 3.05) is 20.3 Å². The topological polar surface area (TPSA) is 39.7 Å². The van der Waals surface area contributed by atoms with Gasteiger partial charge in [0, 0.05) is 30.3 Å². The second-order valence-electron chi connectivity index (χ2n) is 6.13. The molecule has 0 amide bonds. The monoisotopic (exact) mass is 361 g/mol. The fraction of sp³-hybridized carbons (Fsp3) is 0.400. The summed E-state index contributed by atoms with van der Waals surface area (Å²) in [5, 5.41) is 4.15. The van der Waals surface area contributed by atoms with Gasteiger partial charge < -0.3 is 19.5 Å². The molecule has 5 heteroatoms. The summed E-state index contributed by atoms with van der Waals surface area (Å²) < 4.78 is 17.0. The summed E-state index contributed by atoms with van der Waals surface area (Å²) in [5.41, 5.74) is 2.11. The van der Waals surface area contributed by atoms with Crippen molar-refractivity contribution >= 4 is 11.6 Å². The SMILES string of the molecule is COc1cc(CNC[C@@H]2CCCO2)ccc1OCc1ccccc1Cl. The fourth-order valence-electron chi connectivity index (χ4n) is 2.89. The molecule has 0 saturated carbocycles. The Balaban J connectivity index is 1.56. The highest BCUT2D eigenvalue weighted by molar-refractivity contribution is 6.31. The average Bonchev–Trinajstić information content (AvgIpc) is 3.15. The van der Waals surface area contributed by atoms with E-state index in [1.54, 1.807) is 7.11 Å². The van der Waals surface area contributed by atoms with Crippen LogP contribution in [0.3, 0.4) is 0 Å². The fourth-order valence-corrected chi connectivity index (χ4v) is 3.09. The van der Waals surface area contributed by atoms with Crippen LogP contribution in [0, 0.1) is 0 Å². The summed E-state index contributed by atoms with van der Waals surface area (Å²) in [6, 6.07) is 13.7. The number of hydrogen-bond donors (Lipinski definition) is 1. The maximum absolute atomic E-state index is 6.17. The van der Waals surface area contributed by atoms with Gasteiger partial charge in [0.15, 0.2) is 11.5 Å². The smallest absolute Gasteiger partial charge is 0.161 e. The van der Waals surface area contributed by atoms with Crippen molar-refractivity contribution in [3.05, 3.63) is 58.6 Å². The standard InChI is InChI=1S/C20H24ClNO3/c1-23-20-11-15(12-22-13-17-6-4-10-24-17)8-9-19(20)25-14-16-5-2-3-7-18(16)21/h2-3,5,7-9,11,17,22H,4,6,10,12-14H2,1H3/t17-/m0/s1. The van der Waals surface area contributed by atoms with Crippen molar-refractivity contribution in [1.82, 2.24) is 5.32 Å². The molecule has 1 fully saturated rings. The van der Waals surface area contributed by atoms with E-state index in [4.69, 9.17) is 25.8 Å². The van der Waals surface area contributed by atoms with Crippen molar-refractivity contribution in [1.29, 1.82) is 0 Å². The first-order valence-electron chi connectivity index (χ1n) is 8.61. The van der Waals surface area contributed by atoms with Gasteiger partial charge in [0.05, 0.1) is 13.2 Å². The Morgan fingerprint density at radius 2 is 2.08 bits per heavy atom.